The van der Waals surface area contributed by atoms with Gasteiger partial charge in [0.1, 0.15) is 29.0 Å². The Hall–Kier alpha value is -5.16. The Balaban J connectivity index is 1.56. The molecule has 1 saturated carbocycles. The molecule has 5 bridgehead atoms. The lowest BCUT2D eigenvalue weighted by Crippen LogP contribution is -2.49. The predicted molar refractivity (Wildman–Crippen MR) is 240 cm³/mol. The van der Waals surface area contributed by atoms with Crippen LogP contribution in [0.4, 0.5) is 0 Å². The van der Waals surface area contributed by atoms with E-state index in [-0.39, 0.29) is 63.8 Å². The summed E-state index contributed by atoms with van der Waals surface area (Å²) in [4.78, 5) is 87.8. The zero-order valence-corrected chi connectivity index (χ0v) is 39.9. The molecule has 1 saturated heterocycles. The Labute approximate surface area is 386 Å². The van der Waals surface area contributed by atoms with Crippen LogP contribution >= 0.6 is 0 Å². The first-order valence-corrected chi connectivity index (χ1v) is 23.1. The molecule has 16 heteroatoms. The third kappa shape index (κ3) is 9.92. The number of allylic oxidation sites excluding steroid dienone is 4. The van der Waals surface area contributed by atoms with E-state index in [9.17, 15) is 29.4 Å². The zero-order chi connectivity index (χ0) is 48.5. The van der Waals surface area contributed by atoms with E-state index in [4.69, 9.17) is 28.4 Å². The van der Waals surface area contributed by atoms with Crippen molar-refractivity contribution in [1.29, 1.82) is 0 Å². The number of hydrogen-bond acceptors (Lipinski definition) is 15. The fraction of sp³-hybridized carbons (Fsp3) is 0.600. The number of amides is 1. The lowest BCUT2D eigenvalue weighted by atomic mass is 9.78. The van der Waals surface area contributed by atoms with Gasteiger partial charge in [0, 0.05) is 68.9 Å². The van der Waals surface area contributed by atoms with Crippen molar-refractivity contribution in [1.82, 2.24) is 10.2 Å². The molecular weight excluding hydrogens is 853 g/mol. The van der Waals surface area contributed by atoms with Crippen molar-refractivity contribution in [3.8, 4) is 11.5 Å². The van der Waals surface area contributed by atoms with Crippen LogP contribution in [0.3, 0.4) is 0 Å². The molecule has 16 nitrogen and oxygen atoms in total. The van der Waals surface area contributed by atoms with Crippen LogP contribution in [0.1, 0.15) is 131 Å². The molecule has 3 N–H and O–H groups in total. The Morgan fingerprint density at radius 3 is 2.12 bits per heavy atom. The van der Waals surface area contributed by atoms with Crippen molar-refractivity contribution in [3.63, 3.8) is 0 Å². The van der Waals surface area contributed by atoms with E-state index in [0.717, 1.165) is 19.3 Å². The first kappa shape index (κ1) is 50.3. The largest absolute Gasteiger partial charge is 0.462 e. The lowest BCUT2D eigenvalue weighted by molar-refractivity contribution is -0.160. The number of fused-ring (bicyclic) bond motifs is 14. The smallest absolute Gasteiger partial charge is 0.314 e. The van der Waals surface area contributed by atoms with Crippen LogP contribution in [0, 0.1) is 36.5 Å². The van der Waals surface area contributed by atoms with Crippen LogP contribution in [0.5, 0.6) is 11.5 Å². The predicted octanol–water partition coefficient (Wildman–Crippen LogP) is 5.85. The topological polar surface area (TPSA) is 214 Å². The second kappa shape index (κ2) is 20.4. The number of nitrogens with one attached hydrogen (secondary N) is 1. The summed E-state index contributed by atoms with van der Waals surface area (Å²) in [6.07, 6.45) is 6.37. The van der Waals surface area contributed by atoms with Crippen LogP contribution < -0.4 is 14.8 Å². The van der Waals surface area contributed by atoms with Crippen LogP contribution in [-0.4, -0.2) is 113 Å². The zero-order valence-electron chi connectivity index (χ0n) is 39.9. The third-order valence-electron chi connectivity index (χ3n) is 13.8. The standard InChI is InChI=1S/C50H66N2O14/c1-24-16-15-17-25(2)48(59)51-38-39(52-22-26(3)63-27(4)23-52)43(57)35-36(42(38)56)45(65-49(60)33-18-13-12-14-19-33)31(8)46-37(35)47(58)50(10,66-46)62-21-20-34(61-11)28(5)44(64-32(9)53)30(7)41(55)29(6)40(24)54/h15-17,20-21,24,26-30,33-34,40-41,44,54-55H,12-14,18-19,22-23H2,1-11H3,(H,51,59)/b16-15+,21-20+,25-17-/t24-,26-,27+,28+,29+,30-,34-,40-,41-,44+,50-/m0/s1. The fourth-order valence-corrected chi connectivity index (χ4v) is 9.97. The van der Waals surface area contributed by atoms with Gasteiger partial charge in [-0.15, -0.1) is 0 Å². The highest BCUT2D eigenvalue weighted by atomic mass is 16.7. The Morgan fingerprint density at radius 1 is 0.848 bits per heavy atom. The number of ether oxygens (including phenoxy) is 6. The number of benzene rings is 1. The van der Waals surface area contributed by atoms with Gasteiger partial charge >= 0.3 is 17.7 Å². The summed E-state index contributed by atoms with van der Waals surface area (Å²) in [7, 11) is 1.43. The third-order valence-corrected chi connectivity index (χ3v) is 13.8. The van der Waals surface area contributed by atoms with E-state index in [1.54, 1.807) is 44.7 Å². The van der Waals surface area contributed by atoms with E-state index in [1.807, 2.05) is 13.8 Å². The molecule has 1 aromatic rings. The van der Waals surface area contributed by atoms with Crippen molar-refractivity contribution >= 4 is 35.2 Å². The number of rotatable bonds is 5. The van der Waals surface area contributed by atoms with Gasteiger partial charge in [-0.2, -0.15) is 0 Å². The minimum absolute atomic E-state index is 0.0962. The first-order chi connectivity index (χ1) is 31.1. The minimum atomic E-state index is -2.13. The van der Waals surface area contributed by atoms with E-state index in [1.165, 1.54) is 53.2 Å². The maximum atomic E-state index is 15.4. The van der Waals surface area contributed by atoms with E-state index in [2.05, 4.69) is 5.32 Å². The number of ketones is 3. The summed E-state index contributed by atoms with van der Waals surface area (Å²) < 4.78 is 36.2. The number of Topliss-reactive ketones (excluding diaryl/α,β-unsaturated/α-hetero) is 3. The maximum Gasteiger partial charge on any atom is 0.314 e. The van der Waals surface area contributed by atoms with Gasteiger partial charge in [-0.25, -0.2) is 0 Å². The van der Waals surface area contributed by atoms with Gasteiger partial charge in [0.25, 0.3) is 11.7 Å². The van der Waals surface area contributed by atoms with Crippen LogP contribution in [0.2, 0.25) is 0 Å². The Kier molecular flexibility index (Phi) is 15.5. The second-order valence-electron chi connectivity index (χ2n) is 18.9. The number of carbonyl (C=O) groups is 6. The molecule has 0 spiro atoms. The molecule has 4 aliphatic heterocycles. The molecule has 0 radical (unpaired) electrons. The number of hydrogen-bond donors (Lipinski definition) is 3. The number of esters is 2. The number of nitrogens with zero attached hydrogens (tertiary/aromatic N) is 1. The summed E-state index contributed by atoms with van der Waals surface area (Å²) in [5.41, 5.74) is -1.26. The van der Waals surface area contributed by atoms with Gasteiger partial charge in [-0.3, -0.25) is 28.8 Å². The molecule has 1 aromatic carbocycles. The number of aliphatic hydroxyl groups excluding tert-OH is 2. The second-order valence-corrected chi connectivity index (χ2v) is 18.9. The summed E-state index contributed by atoms with van der Waals surface area (Å²) in [5, 5.41) is 25.8. The molecule has 4 heterocycles. The van der Waals surface area contributed by atoms with Gasteiger partial charge in [0.05, 0.1) is 59.4 Å². The average molecular weight is 919 g/mol. The normalized spacial score (nSPS) is 34.4. The molecule has 360 valence electrons. The molecule has 0 unspecified atom stereocenters. The van der Waals surface area contributed by atoms with E-state index >= 15 is 9.59 Å². The minimum Gasteiger partial charge on any atom is -0.462 e. The highest BCUT2D eigenvalue weighted by Gasteiger charge is 2.54. The monoisotopic (exact) mass is 918 g/mol. The number of carbonyl (C=O) groups excluding carboxylic acids is 6. The highest BCUT2D eigenvalue weighted by molar-refractivity contribution is 6.32. The van der Waals surface area contributed by atoms with Gasteiger partial charge in [0.2, 0.25) is 11.6 Å². The van der Waals surface area contributed by atoms with Crippen molar-refractivity contribution in [2.24, 2.45) is 29.6 Å². The number of morpholine rings is 1. The average Bonchev–Trinajstić information content (AvgIpc) is 3.54. The van der Waals surface area contributed by atoms with Gasteiger partial charge in [-0.1, -0.05) is 65.2 Å². The van der Waals surface area contributed by atoms with Gasteiger partial charge < -0.3 is 48.9 Å². The Morgan fingerprint density at radius 2 is 1.50 bits per heavy atom. The summed E-state index contributed by atoms with van der Waals surface area (Å²) in [6.45, 7) is 16.5. The van der Waals surface area contributed by atoms with Gasteiger partial charge in [0.15, 0.2) is 0 Å². The summed E-state index contributed by atoms with van der Waals surface area (Å²) >= 11 is 0. The maximum absolute atomic E-state index is 15.4. The van der Waals surface area contributed by atoms with E-state index in [0.29, 0.717) is 12.8 Å². The number of aliphatic hydroxyl groups is 2. The Bertz CT molecular complexity index is 2230. The molecule has 7 rings (SSSR count). The van der Waals surface area contributed by atoms with Crippen LogP contribution in [0.15, 0.2) is 47.5 Å². The van der Waals surface area contributed by atoms with Gasteiger partial charge in [-0.05, 0) is 46.6 Å². The first-order valence-electron chi connectivity index (χ1n) is 23.1. The summed E-state index contributed by atoms with van der Waals surface area (Å²) in [6, 6.07) is 0. The molecule has 1 amide bonds. The molecule has 11 atom stereocenters. The quantitative estimate of drug-likeness (QED) is 0.234. The van der Waals surface area contributed by atoms with Crippen molar-refractivity contribution < 1.29 is 67.4 Å². The highest BCUT2D eigenvalue weighted by Crippen LogP contribution is 2.50. The van der Waals surface area contributed by atoms with Crippen LogP contribution in [0.25, 0.3) is 0 Å². The molecule has 66 heavy (non-hydrogen) atoms. The molecule has 2 aliphatic carbocycles. The van der Waals surface area contributed by atoms with E-state index < -0.39 is 107 Å². The van der Waals surface area contributed by atoms with Crippen molar-refractivity contribution in [3.05, 3.63) is 69.8 Å². The lowest BCUT2D eigenvalue weighted by Gasteiger charge is -2.39. The molecule has 6 aliphatic rings. The SMILES string of the molecule is CO[C@H]1/C=C/O[C@@]2(C)Oc3c(C)c(OC(=O)C4CCCCC4)c4c(c3C2=O)C(=O)C(N2C[C@@H](C)O[C@@H](C)C2)=C(NC(=O)/C(C)=C\C=C\[C@H](C)[C@H](O)[C@@H](C)[C@H](O)[C@H](C)[C@H](OC(C)=O)[C@@H]1C)C4=O. The summed E-state index contributed by atoms with van der Waals surface area (Å²) in [5.74, 6) is -9.92. The number of methoxy groups -OCH3 is 1. The fourth-order valence-electron chi connectivity index (χ4n) is 9.97. The molecule has 2 fully saturated rings. The van der Waals surface area contributed by atoms with Crippen molar-refractivity contribution in [2.45, 2.75) is 144 Å². The molecule has 0 aromatic heterocycles. The molecular formula is C50H66N2O14. The van der Waals surface area contributed by atoms with Crippen molar-refractivity contribution in [2.75, 3.05) is 20.2 Å². The van der Waals surface area contributed by atoms with Crippen LogP contribution in [-0.2, 0) is 33.3 Å².